The molecule has 142 valence electrons. The molecule has 26 heavy (non-hydrogen) atoms. The van der Waals surface area contributed by atoms with Crippen molar-refractivity contribution in [1.82, 2.24) is 9.80 Å². The molecule has 1 aromatic carbocycles. The van der Waals surface area contributed by atoms with Gasteiger partial charge in [-0.2, -0.15) is 0 Å². The summed E-state index contributed by atoms with van der Waals surface area (Å²) in [5, 5.41) is 0. The van der Waals surface area contributed by atoms with Crippen molar-refractivity contribution in [3.05, 3.63) is 29.3 Å². The number of ether oxygens (including phenoxy) is 2. The van der Waals surface area contributed by atoms with E-state index < -0.39 is 5.60 Å². The second-order valence-corrected chi connectivity index (χ2v) is 7.86. The molecule has 2 aliphatic rings. The largest absolute Gasteiger partial charge is 0.478 e. The van der Waals surface area contributed by atoms with E-state index in [1.54, 1.807) is 30.7 Å². The van der Waals surface area contributed by atoms with Crippen molar-refractivity contribution in [3.63, 3.8) is 0 Å². The van der Waals surface area contributed by atoms with Crippen molar-refractivity contribution < 1.29 is 19.1 Å². The van der Waals surface area contributed by atoms with Crippen LogP contribution in [-0.4, -0.2) is 66.6 Å². The SMILES string of the molecule is Cc1cccc(OC(C)(C)C(=O)N2C[C@@H]3COC[C@H](C2)N(C)C3=O)c1C. The quantitative estimate of drug-likeness (QED) is 0.824. The molecule has 2 bridgehead atoms. The van der Waals surface area contributed by atoms with Crippen molar-refractivity contribution in [1.29, 1.82) is 0 Å². The molecule has 6 nitrogen and oxygen atoms in total. The molecule has 0 radical (unpaired) electrons. The van der Waals surface area contributed by atoms with Gasteiger partial charge in [-0.1, -0.05) is 12.1 Å². The van der Waals surface area contributed by atoms with E-state index in [-0.39, 0.29) is 23.8 Å². The lowest BCUT2D eigenvalue weighted by Crippen LogP contribution is -2.53. The Morgan fingerprint density at radius 1 is 1.23 bits per heavy atom. The Morgan fingerprint density at radius 2 is 1.96 bits per heavy atom. The van der Waals surface area contributed by atoms with Gasteiger partial charge in [0.2, 0.25) is 5.91 Å². The zero-order valence-corrected chi connectivity index (χ0v) is 16.2. The van der Waals surface area contributed by atoms with Gasteiger partial charge in [0.25, 0.3) is 5.91 Å². The lowest BCUT2D eigenvalue weighted by Gasteiger charge is -2.35. The summed E-state index contributed by atoms with van der Waals surface area (Å²) in [6.07, 6.45) is 0. The van der Waals surface area contributed by atoms with Gasteiger partial charge in [0.1, 0.15) is 5.75 Å². The molecule has 2 atom stereocenters. The van der Waals surface area contributed by atoms with Gasteiger partial charge in [0, 0.05) is 20.1 Å². The Balaban J connectivity index is 1.81. The van der Waals surface area contributed by atoms with Crippen LogP contribution >= 0.6 is 0 Å². The Kier molecular flexibility index (Phi) is 4.97. The summed E-state index contributed by atoms with van der Waals surface area (Å²) in [5.74, 6) is 0.359. The van der Waals surface area contributed by atoms with E-state index in [0.717, 1.165) is 16.9 Å². The molecule has 0 aliphatic carbocycles. The van der Waals surface area contributed by atoms with Gasteiger partial charge in [-0.25, -0.2) is 0 Å². The van der Waals surface area contributed by atoms with Crippen molar-refractivity contribution in [2.45, 2.75) is 39.3 Å². The molecular weight excluding hydrogens is 332 g/mol. The van der Waals surface area contributed by atoms with Crippen LogP contribution in [0.25, 0.3) is 0 Å². The van der Waals surface area contributed by atoms with Crippen LogP contribution in [0.3, 0.4) is 0 Å². The minimum atomic E-state index is -1.01. The molecule has 2 saturated heterocycles. The number of carbonyl (C=O) groups excluding carboxylic acids is 2. The van der Waals surface area contributed by atoms with Crippen molar-refractivity contribution in [3.8, 4) is 5.75 Å². The maximum atomic E-state index is 13.2. The second-order valence-electron chi connectivity index (χ2n) is 7.86. The van der Waals surface area contributed by atoms with Crippen LogP contribution in [-0.2, 0) is 14.3 Å². The molecular formula is C20H28N2O4. The number of rotatable bonds is 3. The number of aryl methyl sites for hydroxylation is 1. The van der Waals surface area contributed by atoms with Crippen LogP contribution < -0.4 is 4.74 Å². The Bertz CT molecular complexity index is 716. The average Bonchev–Trinajstić information content (AvgIpc) is 2.76. The summed E-state index contributed by atoms with van der Waals surface area (Å²) in [6, 6.07) is 5.73. The summed E-state index contributed by atoms with van der Waals surface area (Å²) in [5.41, 5.74) is 1.14. The van der Waals surface area contributed by atoms with Crippen LogP contribution in [0.4, 0.5) is 0 Å². The fourth-order valence-corrected chi connectivity index (χ4v) is 3.60. The third-order valence-corrected chi connectivity index (χ3v) is 5.47. The normalized spacial score (nSPS) is 23.7. The molecule has 0 saturated carbocycles. The molecule has 2 heterocycles. The zero-order chi connectivity index (χ0) is 19.1. The first-order valence-electron chi connectivity index (χ1n) is 9.09. The lowest BCUT2D eigenvalue weighted by molar-refractivity contribution is -0.147. The number of amides is 2. The molecule has 2 aliphatic heterocycles. The Labute approximate surface area is 155 Å². The van der Waals surface area contributed by atoms with Crippen molar-refractivity contribution >= 4 is 11.8 Å². The smallest absolute Gasteiger partial charge is 0.266 e. The number of hydrogen-bond acceptors (Lipinski definition) is 4. The minimum Gasteiger partial charge on any atom is -0.478 e. The van der Waals surface area contributed by atoms with E-state index in [0.29, 0.717) is 26.3 Å². The Hall–Kier alpha value is -2.08. The number of hydrogen-bond donors (Lipinski definition) is 0. The monoisotopic (exact) mass is 360 g/mol. The van der Waals surface area contributed by atoms with Crippen LogP contribution in [0.1, 0.15) is 25.0 Å². The molecule has 3 rings (SSSR count). The fraction of sp³-hybridized carbons (Fsp3) is 0.600. The maximum absolute atomic E-state index is 13.2. The predicted molar refractivity (Wildman–Crippen MR) is 98.1 cm³/mol. The summed E-state index contributed by atoms with van der Waals surface area (Å²) < 4.78 is 11.7. The van der Waals surface area contributed by atoms with E-state index in [2.05, 4.69) is 0 Å². The minimum absolute atomic E-state index is 0.0519. The topological polar surface area (TPSA) is 59.1 Å². The van der Waals surface area contributed by atoms with E-state index in [1.807, 2.05) is 32.0 Å². The van der Waals surface area contributed by atoms with Crippen LogP contribution in [0.2, 0.25) is 0 Å². The van der Waals surface area contributed by atoms with Gasteiger partial charge in [0.05, 0.1) is 25.2 Å². The fourth-order valence-electron chi connectivity index (χ4n) is 3.60. The molecule has 0 N–H and O–H groups in total. The highest BCUT2D eigenvalue weighted by atomic mass is 16.5. The van der Waals surface area contributed by atoms with E-state index in [1.165, 1.54) is 0 Å². The molecule has 0 spiro atoms. The van der Waals surface area contributed by atoms with Gasteiger partial charge < -0.3 is 19.3 Å². The summed E-state index contributed by atoms with van der Waals surface area (Å²) in [4.78, 5) is 29.2. The molecule has 0 aromatic heterocycles. The molecule has 6 heteroatoms. The predicted octanol–water partition coefficient (Wildman–Crippen LogP) is 1.78. The number of carbonyl (C=O) groups is 2. The van der Waals surface area contributed by atoms with Crippen molar-refractivity contribution in [2.75, 3.05) is 33.4 Å². The van der Waals surface area contributed by atoms with Gasteiger partial charge in [-0.05, 0) is 44.9 Å². The number of likely N-dealkylation sites (N-methyl/N-ethyl adjacent to an activating group) is 1. The summed E-state index contributed by atoms with van der Waals surface area (Å²) in [7, 11) is 1.79. The maximum Gasteiger partial charge on any atom is 0.266 e. The summed E-state index contributed by atoms with van der Waals surface area (Å²) in [6.45, 7) is 9.26. The van der Waals surface area contributed by atoms with Crippen LogP contribution in [0.5, 0.6) is 5.75 Å². The third-order valence-electron chi connectivity index (χ3n) is 5.47. The van der Waals surface area contributed by atoms with Gasteiger partial charge in [-0.3, -0.25) is 9.59 Å². The van der Waals surface area contributed by atoms with E-state index in [4.69, 9.17) is 9.47 Å². The number of fused-ring (bicyclic) bond motifs is 3. The van der Waals surface area contributed by atoms with E-state index in [9.17, 15) is 9.59 Å². The highest BCUT2D eigenvalue weighted by molar-refractivity contribution is 5.87. The molecule has 2 fully saturated rings. The van der Waals surface area contributed by atoms with Gasteiger partial charge in [-0.15, -0.1) is 0 Å². The standard InChI is InChI=1S/C20H28N2O4/c1-13-7-6-8-17(14(13)2)26-20(3,4)19(24)22-9-15-11-25-12-16(10-22)21(5)18(15)23/h6-8,15-16H,9-12H2,1-5H3/t15-,16+/m1/s1. The highest BCUT2D eigenvalue weighted by Gasteiger charge is 2.43. The first-order valence-corrected chi connectivity index (χ1v) is 9.09. The molecule has 2 amide bonds. The third kappa shape index (κ3) is 3.43. The van der Waals surface area contributed by atoms with Gasteiger partial charge in [0.15, 0.2) is 5.60 Å². The summed E-state index contributed by atoms with van der Waals surface area (Å²) >= 11 is 0. The molecule has 1 aromatic rings. The first-order chi connectivity index (χ1) is 12.2. The second kappa shape index (κ2) is 6.91. The van der Waals surface area contributed by atoms with Crippen molar-refractivity contribution in [2.24, 2.45) is 5.92 Å². The lowest BCUT2D eigenvalue weighted by atomic mass is 10.0. The number of nitrogens with zero attached hydrogens (tertiary/aromatic N) is 2. The number of benzene rings is 1. The average molecular weight is 360 g/mol. The van der Waals surface area contributed by atoms with E-state index >= 15 is 0 Å². The Morgan fingerprint density at radius 3 is 2.69 bits per heavy atom. The first kappa shape index (κ1) is 18.7. The zero-order valence-electron chi connectivity index (χ0n) is 16.2. The van der Waals surface area contributed by atoms with Gasteiger partial charge >= 0.3 is 0 Å². The van der Waals surface area contributed by atoms with Crippen LogP contribution in [0.15, 0.2) is 18.2 Å². The highest BCUT2D eigenvalue weighted by Crippen LogP contribution is 2.28. The van der Waals surface area contributed by atoms with Crippen LogP contribution in [0, 0.1) is 19.8 Å². The molecule has 0 unspecified atom stereocenters.